The lowest BCUT2D eigenvalue weighted by Gasteiger charge is -2.07. The normalized spacial score (nSPS) is 11.2. The number of nitrogens with one attached hydrogen (secondary N) is 1. The molecule has 1 heterocycles. The molecule has 1 aromatic heterocycles. The van der Waals surface area contributed by atoms with Crippen molar-refractivity contribution in [3.63, 3.8) is 0 Å². The van der Waals surface area contributed by atoms with Gasteiger partial charge >= 0.3 is 0 Å². The Bertz CT molecular complexity index is 620. The van der Waals surface area contributed by atoms with Gasteiger partial charge < -0.3 is 0 Å². The molecule has 0 bridgehead atoms. The topological polar surface area (TPSA) is 37.8 Å². The highest BCUT2D eigenvalue weighted by Gasteiger charge is 2.18. The molecule has 2 aromatic rings. The van der Waals surface area contributed by atoms with Crippen LogP contribution in [0.5, 0.6) is 0 Å². The second-order valence-electron chi connectivity index (χ2n) is 5.33. The lowest BCUT2D eigenvalue weighted by Crippen LogP contribution is -2.19. The molecule has 3 heteroatoms. The predicted octanol–water partition coefficient (Wildman–Crippen LogP) is 3.69. The molecule has 0 aliphatic heterocycles. The summed E-state index contributed by atoms with van der Waals surface area (Å²) in [6.07, 6.45) is 0.950. The summed E-state index contributed by atoms with van der Waals surface area (Å²) in [5.74, 6) is 0.219. The van der Waals surface area contributed by atoms with E-state index in [0.29, 0.717) is 0 Å². The Balaban J connectivity index is 2.66. The number of rotatable bonds is 4. The number of H-pyrrole nitrogens is 1. The van der Waals surface area contributed by atoms with Crippen molar-refractivity contribution in [1.29, 1.82) is 0 Å². The van der Waals surface area contributed by atoms with E-state index >= 15 is 0 Å². The highest BCUT2D eigenvalue weighted by Crippen LogP contribution is 2.27. The van der Waals surface area contributed by atoms with Crippen LogP contribution in [0.15, 0.2) is 29.1 Å². The molecule has 0 aliphatic rings. The van der Waals surface area contributed by atoms with Gasteiger partial charge in [-0.3, -0.25) is 14.6 Å². The van der Waals surface area contributed by atoms with E-state index < -0.39 is 0 Å². The van der Waals surface area contributed by atoms with Gasteiger partial charge in [-0.1, -0.05) is 45.0 Å². The fraction of sp³-hybridized carbons (Fsp3) is 0.438. The molecule has 1 aromatic carbocycles. The highest BCUT2D eigenvalue weighted by molar-refractivity contribution is 5.66. The maximum atomic E-state index is 12.4. The number of nitrogens with zero attached hydrogens (tertiary/aromatic N) is 1. The van der Waals surface area contributed by atoms with Gasteiger partial charge in [0.2, 0.25) is 0 Å². The van der Waals surface area contributed by atoms with Crippen molar-refractivity contribution in [2.24, 2.45) is 0 Å². The van der Waals surface area contributed by atoms with Crippen LogP contribution in [0, 0.1) is 6.92 Å². The van der Waals surface area contributed by atoms with Gasteiger partial charge in [0.05, 0.1) is 5.69 Å². The molecule has 0 aliphatic carbocycles. The number of benzene rings is 1. The molecule has 1 N–H and O–H groups in total. The van der Waals surface area contributed by atoms with Gasteiger partial charge in [0.1, 0.15) is 0 Å². The van der Waals surface area contributed by atoms with Crippen LogP contribution >= 0.6 is 0 Å². The maximum Gasteiger partial charge on any atom is 0.270 e. The summed E-state index contributed by atoms with van der Waals surface area (Å²) in [4.78, 5) is 12.4. The molecule has 0 saturated heterocycles. The first kappa shape index (κ1) is 13.7. The van der Waals surface area contributed by atoms with E-state index in [1.165, 1.54) is 5.56 Å². The standard InChI is InChI=1S/C16H22N2O/c1-5-10-18-16(19)14(11(2)3)15(17-18)13-9-7-6-8-12(13)4/h6-9,11,17H,5,10H2,1-4H3. The van der Waals surface area contributed by atoms with Crippen LogP contribution in [0.1, 0.15) is 44.2 Å². The Morgan fingerprint density at radius 2 is 1.95 bits per heavy atom. The third-order valence-electron chi connectivity index (χ3n) is 3.43. The molecule has 0 fully saturated rings. The largest absolute Gasteiger partial charge is 0.295 e. The van der Waals surface area contributed by atoms with Gasteiger partial charge in [-0.2, -0.15) is 0 Å². The Hall–Kier alpha value is -1.77. The minimum absolute atomic E-state index is 0.120. The highest BCUT2D eigenvalue weighted by atomic mass is 16.1. The van der Waals surface area contributed by atoms with Crippen molar-refractivity contribution in [3.8, 4) is 11.3 Å². The zero-order valence-corrected chi connectivity index (χ0v) is 12.2. The van der Waals surface area contributed by atoms with Crippen LogP contribution < -0.4 is 5.56 Å². The SMILES string of the molecule is CCCn1[nH]c(-c2ccccc2C)c(C(C)C)c1=O. The van der Waals surface area contributed by atoms with Crippen molar-refractivity contribution in [2.75, 3.05) is 0 Å². The fourth-order valence-corrected chi connectivity index (χ4v) is 2.47. The summed E-state index contributed by atoms with van der Waals surface area (Å²) in [6.45, 7) is 9.04. The first-order valence-electron chi connectivity index (χ1n) is 6.95. The predicted molar refractivity (Wildman–Crippen MR) is 79.6 cm³/mol. The summed E-state index contributed by atoms with van der Waals surface area (Å²) in [6, 6.07) is 8.19. The molecule has 0 amide bonds. The van der Waals surface area contributed by atoms with Gasteiger partial charge in [0.25, 0.3) is 5.56 Å². The lowest BCUT2D eigenvalue weighted by molar-refractivity contribution is 0.584. The average molecular weight is 258 g/mol. The molecule has 19 heavy (non-hydrogen) atoms. The molecule has 2 rings (SSSR count). The third-order valence-corrected chi connectivity index (χ3v) is 3.43. The van der Waals surface area contributed by atoms with Crippen molar-refractivity contribution < 1.29 is 0 Å². The van der Waals surface area contributed by atoms with Gasteiger partial charge in [0, 0.05) is 17.7 Å². The fourth-order valence-electron chi connectivity index (χ4n) is 2.47. The molecule has 0 radical (unpaired) electrons. The molecule has 0 unspecified atom stereocenters. The smallest absolute Gasteiger partial charge is 0.270 e. The molecule has 102 valence electrons. The minimum atomic E-state index is 0.120. The number of aromatic amines is 1. The van der Waals surface area contributed by atoms with E-state index in [1.54, 1.807) is 4.68 Å². The van der Waals surface area contributed by atoms with Gasteiger partial charge in [0.15, 0.2) is 0 Å². The molecule has 0 atom stereocenters. The monoisotopic (exact) mass is 258 g/mol. The van der Waals surface area contributed by atoms with Crippen molar-refractivity contribution in [3.05, 3.63) is 45.7 Å². The van der Waals surface area contributed by atoms with Crippen LogP contribution in [0.3, 0.4) is 0 Å². The first-order chi connectivity index (χ1) is 9.06. The van der Waals surface area contributed by atoms with Gasteiger partial charge in [-0.25, -0.2) is 0 Å². The number of hydrogen-bond acceptors (Lipinski definition) is 1. The lowest BCUT2D eigenvalue weighted by atomic mass is 9.97. The number of aryl methyl sites for hydroxylation is 2. The Labute approximate surface area is 114 Å². The van der Waals surface area contributed by atoms with E-state index in [1.807, 2.05) is 12.1 Å². The van der Waals surface area contributed by atoms with E-state index in [0.717, 1.165) is 29.8 Å². The minimum Gasteiger partial charge on any atom is -0.295 e. The second-order valence-corrected chi connectivity index (χ2v) is 5.33. The van der Waals surface area contributed by atoms with E-state index in [4.69, 9.17) is 0 Å². The quantitative estimate of drug-likeness (QED) is 0.892. The van der Waals surface area contributed by atoms with E-state index in [2.05, 4.69) is 44.9 Å². The summed E-state index contributed by atoms with van der Waals surface area (Å²) in [7, 11) is 0. The van der Waals surface area contributed by atoms with Gasteiger partial charge in [-0.15, -0.1) is 0 Å². The van der Waals surface area contributed by atoms with Crippen LogP contribution in [0.4, 0.5) is 0 Å². The molecule has 0 spiro atoms. The summed E-state index contributed by atoms with van der Waals surface area (Å²) in [5.41, 5.74) is 4.30. The van der Waals surface area contributed by atoms with Gasteiger partial charge in [-0.05, 0) is 24.8 Å². The second kappa shape index (κ2) is 5.47. The molecule has 3 nitrogen and oxygen atoms in total. The van der Waals surface area contributed by atoms with Crippen LogP contribution in [0.2, 0.25) is 0 Å². The zero-order chi connectivity index (χ0) is 14.0. The van der Waals surface area contributed by atoms with E-state index in [9.17, 15) is 4.79 Å². The van der Waals surface area contributed by atoms with Crippen molar-refractivity contribution >= 4 is 0 Å². The van der Waals surface area contributed by atoms with Crippen LogP contribution in [-0.2, 0) is 6.54 Å². The summed E-state index contributed by atoms with van der Waals surface area (Å²) in [5, 5.41) is 3.29. The van der Waals surface area contributed by atoms with Crippen LogP contribution in [0.25, 0.3) is 11.3 Å². The summed E-state index contributed by atoms with van der Waals surface area (Å²) >= 11 is 0. The van der Waals surface area contributed by atoms with Crippen molar-refractivity contribution in [2.45, 2.75) is 46.6 Å². The number of aromatic nitrogens is 2. The Morgan fingerprint density at radius 1 is 1.26 bits per heavy atom. The molecular weight excluding hydrogens is 236 g/mol. The molecular formula is C16H22N2O. The maximum absolute atomic E-state index is 12.4. The average Bonchev–Trinajstić information content (AvgIpc) is 2.68. The summed E-state index contributed by atoms with van der Waals surface area (Å²) < 4.78 is 1.73. The number of hydrogen-bond donors (Lipinski definition) is 1. The van der Waals surface area contributed by atoms with Crippen molar-refractivity contribution in [1.82, 2.24) is 9.78 Å². The first-order valence-corrected chi connectivity index (χ1v) is 6.95. The van der Waals surface area contributed by atoms with Crippen LogP contribution in [-0.4, -0.2) is 9.78 Å². The Kier molecular flexibility index (Phi) is 3.93. The van der Waals surface area contributed by atoms with E-state index in [-0.39, 0.29) is 11.5 Å². The Morgan fingerprint density at radius 3 is 2.53 bits per heavy atom. The third kappa shape index (κ3) is 2.50. The molecule has 0 saturated carbocycles. The zero-order valence-electron chi connectivity index (χ0n) is 12.2.